The van der Waals surface area contributed by atoms with Crippen LogP contribution >= 0.6 is 11.3 Å². The summed E-state index contributed by atoms with van der Waals surface area (Å²) in [5.74, 6) is 5.34. The summed E-state index contributed by atoms with van der Waals surface area (Å²) in [5.41, 5.74) is 5.87. The molecule has 0 saturated heterocycles. The van der Waals surface area contributed by atoms with E-state index in [0.717, 1.165) is 4.88 Å². The van der Waals surface area contributed by atoms with Gasteiger partial charge in [-0.1, -0.05) is 11.8 Å². The average Bonchev–Trinajstić information content (AvgIpc) is 2.89. The van der Waals surface area contributed by atoms with Gasteiger partial charge in [-0.05, 0) is 26.8 Å². The van der Waals surface area contributed by atoms with Gasteiger partial charge in [0, 0.05) is 18.0 Å². The molecule has 0 saturated carbocycles. The maximum Gasteiger partial charge on any atom is 0.255 e. The minimum absolute atomic E-state index is 0.0607. The summed E-state index contributed by atoms with van der Waals surface area (Å²) >= 11 is 1.40. The van der Waals surface area contributed by atoms with Crippen molar-refractivity contribution in [3.8, 4) is 11.8 Å². The van der Waals surface area contributed by atoms with Crippen LogP contribution in [0.4, 0.5) is 0 Å². The van der Waals surface area contributed by atoms with E-state index in [1.165, 1.54) is 16.2 Å². The van der Waals surface area contributed by atoms with Crippen molar-refractivity contribution >= 4 is 23.2 Å². The third-order valence-corrected chi connectivity index (χ3v) is 3.46. The van der Waals surface area contributed by atoms with E-state index in [1.54, 1.807) is 11.4 Å². The highest BCUT2D eigenvalue weighted by Crippen LogP contribution is 2.15. The summed E-state index contributed by atoms with van der Waals surface area (Å²) in [4.78, 5) is 26.4. The predicted molar refractivity (Wildman–Crippen MR) is 85.1 cm³/mol. The molecule has 1 aromatic rings. The second-order valence-corrected chi connectivity index (χ2v) is 5.66. The number of hydrogen-bond donors (Lipinski definition) is 2. The number of thiophene rings is 1. The molecule has 1 aromatic heterocycles. The summed E-state index contributed by atoms with van der Waals surface area (Å²) < 4.78 is 0. The van der Waals surface area contributed by atoms with Gasteiger partial charge in [0.15, 0.2) is 0 Å². The number of amides is 2. The van der Waals surface area contributed by atoms with Crippen molar-refractivity contribution in [1.29, 1.82) is 0 Å². The van der Waals surface area contributed by atoms with E-state index in [-0.39, 0.29) is 30.9 Å². The zero-order valence-electron chi connectivity index (χ0n) is 12.6. The highest BCUT2D eigenvalue weighted by Gasteiger charge is 2.18. The molecule has 0 aliphatic heterocycles. The predicted octanol–water partition coefficient (Wildman–Crippen LogP) is 1.04. The fourth-order valence-electron chi connectivity index (χ4n) is 1.70. The van der Waals surface area contributed by atoms with Crippen LogP contribution in [0.5, 0.6) is 0 Å². The molecule has 2 amide bonds. The number of hydrogen-bond acceptors (Lipinski definition) is 4. The van der Waals surface area contributed by atoms with Crippen molar-refractivity contribution in [2.24, 2.45) is 5.73 Å². The Kier molecular flexibility index (Phi) is 6.92. The van der Waals surface area contributed by atoms with Crippen molar-refractivity contribution in [3.05, 3.63) is 21.9 Å². The molecule has 1 rings (SSSR count). The highest BCUT2D eigenvalue weighted by atomic mass is 32.1. The Morgan fingerprint density at radius 2 is 2.19 bits per heavy atom. The lowest BCUT2D eigenvalue weighted by molar-refractivity contribution is -0.122. The summed E-state index contributed by atoms with van der Waals surface area (Å²) in [7, 11) is 0. The first-order chi connectivity index (χ1) is 9.97. The summed E-state index contributed by atoms with van der Waals surface area (Å²) in [6, 6.07) is 1.80. The Bertz CT molecular complexity index is 555. The van der Waals surface area contributed by atoms with Gasteiger partial charge in [0.2, 0.25) is 5.91 Å². The number of carbonyl (C=O) groups is 2. The van der Waals surface area contributed by atoms with Crippen LogP contribution in [-0.2, 0) is 4.79 Å². The maximum atomic E-state index is 12.4. The molecule has 0 atom stereocenters. The molecule has 114 valence electrons. The lowest BCUT2D eigenvalue weighted by Gasteiger charge is -2.20. The number of nitrogens with one attached hydrogen (secondary N) is 1. The summed E-state index contributed by atoms with van der Waals surface area (Å²) in [6.45, 7) is 6.45. The standard InChI is InChI=1S/C15H21N3O2S/c1-4-18(9-14(19)17-11(2)3)15(20)12-8-13(21-10-12)6-5-7-16/h8,10-11H,4,7,9,16H2,1-3H3,(H,17,19). The minimum atomic E-state index is -0.159. The number of likely N-dealkylation sites (N-methyl/N-ethyl adjacent to an activating group) is 1. The van der Waals surface area contributed by atoms with E-state index < -0.39 is 0 Å². The van der Waals surface area contributed by atoms with E-state index in [2.05, 4.69) is 17.2 Å². The summed E-state index contributed by atoms with van der Waals surface area (Å²) in [6.07, 6.45) is 0. The van der Waals surface area contributed by atoms with Crippen LogP contribution in [0, 0.1) is 11.8 Å². The molecule has 0 aromatic carbocycles. The van der Waals surface area contributed by atoms with Crippen LogP contribution in [0.25, 0.3) is 0 Å². The van der Waals surface area contributed by atoms with Crippen LogP contribution in [0.15, 0.2) is 11.4 Å². The number of nitrogens with zero attached hydrogens (tertiary/aromatic N) is 1. The zero-order valence-corrected chi connectivity index (χ0v) is 13.4. The van der Waals surface area contributed by atoms with E-state index in [9.17, 15) is 9.59 Å². The first-order valence-electron chi connectivity index (χ1n) is 6.84. The molecule has 0 spiro atoms. The average molecular weight is 307 g/mol. The molecule has 0 aliphatic carbocycles. The lowest BCUT2D eigenvalue weighted by Crippen LogP contribution is -2.42. The van der Waals surface area contributed by atoms with Crippen molar-refractivity contribution in [2.75, 3.05) is 19.6 Å². The Morgan fingerprint density at radius 3 is 2.76 bits per heavy atom. The van der Waals surface area contributed by atoms with Gasteiger partial charge < -0.3 is 16.0 Å². The van der Waals surface area contributed by atoms with Gasteiger partial charge in [0.1, 0.15) is 0 Å². The molecule has 0 bridgehead atoms. The second-order valence-electron chi connectivity index (χ2n) is 4.75. The fourth-order valence-corrected chi connectivity index (χ4v) is 2.45. The van der Waals surface area contributed by atoms with Crippen LogP contribution in [-0.4, -0.2) is 42.4 Å². The molecule has 0 radical (unpaired) electrons. The van der Waals surface area contributed by atoms with Crippen LogP contribution in [0.2, 0.25) is 0 Å². The number of nitrogens with two attached hydrogens (primary N) is 1. The molecule has 21 heavy (non-hydrogen) atoms. The largest absolute Gasteiger partial charge is 0.352 e. The van der Waals surface area contributed by atoms with Gasteiger partial charge in [-0.3, -0.25) is 9.59 Å². The van der Waals surface area contributed by atoms with E-state index in [1.807, 2.05) is 20.8 Å². The fraction of sp³-hybridized carbons (Fsp3) is 0.467. The first kappa shape index (κ1) is 17.2. The van der Waals surface area contributed by atoms with Gasteiger partial charge >= 0.3 is 0 Å². The molecule has 6 heteroatoms. The Labute approximate surface area is 129 Å². The van der Waals surface area contributed by atoms with Gasteiger partial charge in [0.25, 0.3) is 5.91 Å². The normalized spacial score (nSPS) is 9.95. The Balaban J connectivity index is 2.74. The van der Waals surface area contributed by atoms with Gasteiger partial charge in [-0.25, -0.2) is 0 Å². The van der Waals surface area contributed by atoms with Gasteiger partial charge in [-0.15, -0.1) is 11.3 Å². The van der Waals surface area contributed by atoms with Crippen molar-refractivity contribution in [3.63, 3.8) is 0 Å². The highest BCUT2D eigenvalue weighted by molar-refractivity contribution is 7.10. The molecule has 1 heterocycles. The second kappa shape index (κ2) is 8.45. The van der Waals surface area contributed by atoms with Crippen molar-refractivity contribution in [2.45, 2.75) is 26.8 Å². The number of rotatable bonds is 5. The van der Waals surface area contributed by atoms with Crippen molar-refractivity contribution in [1.82, 2.24) is 10.2 Å². The van der Waals surface area contributed by atoms with Crippen LogP contribution < -0.4 is 11.1 Å². The Hall–Kier alpha value is -1.84. The van der Waals surface area contributed by atoms with Gasteiger partial charge in [-0.2, -0.15) is 0 Å². The van der Waals surface area contributed by atoms with E-state index >= 15 is 0 Å². The zero-order chi connectivity index (χ0) is 15.8. The van der Waals surface area contributed by atoms with Crippen molar-refractivity contribution < 1.29 is 9.59 Å². The molecule has 3 N–H and O–H groups in total. The quantitative estimate of drug-likeness (QED) is 0.798. The van der Waals surface area contributed by atoms with E-state index in [0.29, 0.717) is 12.1 Å². The lowest BCUT2D eigenvalue weighted by atomic mass is 10.2. The maximum absolute atomic E-state index is 12.4. The first-order valence-corrected chi connectivity index (χ1v) is 7.72. The van der Waals surface area contributed by atoms with Crippen LogP contribution in [0.3, 0.4) is 0 Å². The smallest absolute Gasteiger partial charge is 0.255 e. The SMILES string of the molecule is CCN(CC(=O)NC(C)C)C(=O)c1csc(C#CCN)c1. The summed E-state index contributed by atoms with van der Waals surface area (Å²) in [5, 5.41) is 4.54. The van der Waals surface area contributed by atoms with E-state index in [4.69, 9.17) is 5.73 Å². The molecule has 0 fully saturated rings. The topological polar surface area (TPSA) is 75.4 Å². The monoisotopic (exact) mass is 307 g/mol. The number of carbonyl (C=O) groups excluding carboxylic acids is 2. The van der Waals surface area contributed by atoms with Crippen LogP contribution in [0.1, 0.15) is 36.0 Å². The molecular weight excluding hydrogens is 286 g/mol. The Morgan fingerprint density at radius 1 is 1.48 bits per heavy atom. The minimum Gasteiger partial charge on any atom is -0.352 e. The molecule has 0 unspecified atom stereocenters. The molecular formula is C15H21N3O2S. The third-order valence-electron chi connectivity index (χ3n) is 2.61. The molecule has 0 aliphatic rings. The van der Waals surface area contributed by atoms with Gasteiger partial charge in [0.05, 0.1) is 23.5 Å². The molecule has 5 nitrogen and oxygen atoms in total. The third kappa shape index (κ3) is 5.58.